The number of hydrogen-bond acceptors (Lipinski definition) is 2. The molecule has 1 unspecified atom stereocenters. The van der Waals surface area contributed by atoms with Crippen LogP contribution in [-0.4, -0.2) is 9.97 Å². The van der Waals surface area contributed by atoms with Crippen molar-refractivity contribution < 1.29 is 0 Å². The fourth-order valence-electron chi connectivity index (χ4n) is 1.37. The van der Waals surface area contributed by atoms with Gasteiger partial charge in [0.05, 0.1) is 17.1 Å². The number of aromatic amines is 1. The predicted octanol–water partition coefficient (Wildman–Crippen LogP) is 2.54. The van der Waals surface area contributed by atoms with Crippen LogP contribution in [0.3, 0.4) is 0 Å². The van der Waals surface area contributed by atoms with Gasteiger partial charge in [0.15, 0.2) is 0 Å². The molecule has 14 heavy (non-hydrogen) atoms. The number of rotatable bonds is 1. The molecule has 1 aromatic heterocycles. The van der Waals surface area contributed by atoms with E-state index in [4.69, 9.17) is 17.3 Å². The molecular formula is C10H12ClN3. The molecule has 0 saturated heterocycles. The molecule has 0 bridgehead atoms. The van der Waals surface area contributed by atoms with Crippen LogP contribution in [0.4, 0.5) is 0 Å². The lowest BCUT2D eigenvalue weighted by atomic mass is 10.2. The molecule has 2 aromatic rings. The third-order valence-corrected chi connectivity index (χ3v) is 2.62. The number of imidazole rings is 1. The van der Waals surface area contributed by atoms with Gasteiger partial charge in [-0.25, -0.2) is 4.98 Å². The van der Waals surface area contributed by atoms with Gasteiger partial charge < -0.3 is 10.7 Å². The molecule has 1 atom stereocenters. The minimum Gasteiger partial charge on any atom is -0.341 e. The van der Waals surface area contributed by atoms with Crippen LogP contribution in [-0.2, 0) is 0 Å². The van der Waals surface area contributed by atoms with Crippen LogP contribution in [0.15, 0.2) is 12.1 Å². The molecule has 1 heterocycles. The average molecular weight is 210 g/mol. The highest BCUT2D eigenvalue weighted by atomic mass is 35.5. The number of nitrogens with two attached hydrogens (primary N) is 1. The lowest BCUT2D eigenvalue weighted by Gasteiger charge is -1.96. The number of H-pyrrole nitrogens is 1. The van der Waals surface area contributed by atoms with Crippen LogP contribution in [0.5, 0.6) is 0 Å². The fourth-order valence-corrected chi connectivity index (χ4v) is 1.53. The maximum atomic E-state index is 5.99. The van der Waals surface area contributed by atoms with E-state index in [1.165, 1.54) is 0 Å². The van der Waals surface area contributed by atoms with Crippen LogP contribution in [0.2, 0.25) is 5.02 Å². The number of nitrogens with one attached hydrogen (secondary N) is 1. The standard InChI is InChI=1S/C10H12ClN3/c1-5-3-8-9(4-7(5)11)14-10(13-8)6(2)12/h3-4,6H,12H2,1-2H3,(H,13,14). The van der Waals surface area contributed by atoms with E-state index in [1.807, 2.05) is 26.0 Å². The molecule has 0 amide bonds. The zero-order valence-corrected chi connectivity index (χ0v) is 8.89. The maximum absolute atomic E-state index is 5.99. The topological polar surface area (TPSA) is 54.7 Å². The first-order chi connectivity index (χ1) is 6.58. The molecule has 74 valence electrons. The van der Waals surface area contributed by atoms with Gasteiger partial charge in [-0.3, -0.25) is 0 Å². The predicted molar refractivity (Wildman–Crippen MR) is 58.4 cm³/mol. The molecule has 1 aromatic carbocycles. The second-order valence-electron chi connectivity index (χ2n) is 3.53. The van der Waals surface area contributed by atoms with Gasteiger partial charge in [0.1, 0.15) is 5.82 Å². The zero-order chi connectivity index (χ0) is 10.3. The summed E-state index contributed by atoms with van der Waals surface area (Å²) < 4.78 is 0. The van der Waals surface area contributed by atoms with Crippen molar-refractivity contribution in [2.75, 3.05) is 0 Å². The minimum absolute atomic E-state index is 0.0820. The molecule has 0 aliphatic heterocycles. The second-order valence-corrected chi connectivity index (χ2v) is 3.94. The Bertz CT molecular complexity index is 434. The Morgan fingerprint density at radius 2 is 2.21 bits per heavy atom. The third-order valence-electron chi connectivity index (χ3n) is 2.21. The summed E-state index contributed by atoms with van der Waals surface area (Å²) in [6.45, 7) is 3.86. The Morgan fingerprint density at radius 3 is 2.86 bits per heavy atom. The van der Waals surface area contributed by atoms with Gasteiger partial charge in [0, 0.05) is 5.02 Å². The summed E-state index contributed by atoms with van der Waals surface area (Å²) in [6, 6.07) is 3.76. The molecule has 3 N–H and O–H groups in total. The summed E-state index contributed by atoms with van der Waals surface area (Å²) in [5.74, 6) is 0.793. The van der Waals surface area contributed by atoms with E-state index in [2.05, 4.69) is 9.97 Å². The van der Waals surface area contributed by atoms with Crippen molar-refractivity contribution >= 4 is 22.6 Å². The van der Waals surface area contributed by atoms with Crippen LogP contribution in [0.1, 0.15) is 24.4 Å². The van der Waals surface area contributed by atoms with Crippen LogP contribution in [0.25, 0.3) is 11.0 Å². The first-order valence-electron chi connectivity index (χ1n) is 4.49. The molecule has 0 fully saturated rings. The lowest BCUT2D eigenvalue weighted by molar-refractivity contribution is 0.760. The van der Waals surface area contributed by atoms with E-state index in [1.54, 1.807) is 0 Å². The SMILES string of the molecule is Cc1cc2[nH]c(C(C)N)nc2cc1Cl. The first kappa shape index (κ1) is 9.49. The highest BCUT2D eigenvalue weighted by Crippen LogP contribution is 2.22. The fraction of sp³-hybridized carbons (Fsp3) is 0.300. The number of halogens is 1. The monoisotopic (exact) mass is 209 g/mol. The molecule has 0 aliphatic rings. The van der Waals surface area contributed by atoms with E-state index in [-0.39, 0.29) is 6.04 Å². The van der Waals surface area contributed by atoms with Crippen LogP contribution >= 0.6 is 11.6 Å². The summed E-state index contributed by atoms with van der Waals surface area (Å²) in [6.07, 6.45) is 0. The highest BCUT2D eigenvalue weighted by molar-refractivity contribution is 6.32. The lowest BCUT2D eigenvalue weighted by Crippen LogP contribution is -2.06. The number of fused-ring (bicyclic) bond motifs is 1. The van der Waals surface area contributed by atoms with Crippen molar-refractivity contribution in [3.63, 3.8) is 0 Å². The Balaban J connectivity index is 2.66. The van der Waals surface area contributed by atoms with Crippen molar-refractivity contribution in [2.45, 2.75) is 19.9 Å². The van der Waals surface area contributed by atoms with Crippen molar-refractivity contribution in [1.82, 2.24) is 9.97 Å². The number of aryl methyl sites for hydroxylation is 1. The number of aromatic nitrogens is 2. The summed E-state index contributed by atoms with van der Waals surface area (Å²) in [5, 5.41) is 0.736. The van der Waals surface area contributed by atoms with E-state index in [0.29, 0.717) is 0 Å². The Kier molecular flexibility index (Phi) is 2.21. The highest BCUT2D eigenvalue weighted by Gasteiger charge is 2.07. The molecule has 0 aliphatic carbocycles. The maximum Gasteiger partial charge on any atom is 0.123 e. The van der Waals surface area contributed by atoms with Gasteiger partial charge in [-0.15, -0.1) is 0 Å². The molecule has 2 rings (SSSR count). The van der Waals surface area contributed by atoms with E-state index < -0.39 is 0 Å². The Morgan fingerprint density at radius 1 is 1.50 bits per heavy atom. The Labute approximate surface area is 87.3 Å². The van der Waals surface area contributed by atoms with Crippen molar-refractivity contribution in [2.24, 2.45) is 5.73 Å². The third kappa shape index (κ3) is 1.49. The second kappa shape index (κ2) is 3.26. The van der Waals surface area contributed by atoms with E-state index >= 15 is 0 Å². The zero-order valence-electron chi connectivity index (χ0n) is 8.13. The van der Waals surface area contributed by atoms with Gasteiger partial charge in [-0.1, -0.05) is 11.6 Å². The smallest absolute Gasteiger partial charge is 0.123 e. The minimum atomic E-state index is -0.0820. The normalized spacial score (nSPS) is 13.4. The van der Waals surface area contributed by atoms with Gasteiger partial charge in [0.2, 0.25) is 0 Å². The van der Waals surface area contributed by atoms with Crippen LogP contribution < -0.4 is 5.73 Å². The van der Waals surface area contributed by atoms with Crippen LogP contribution in [0, 0.1) is 6.92 Å². The summed E-state index contributed by atoms with van der Waals surface area (Å²) in [5.41, 5.74) is 8.62. The van der Waals surface area contributed by atoms with E-state index in [9.17, 15) is 0 Å². The summed E-state index contributed by atoms with van der Waals surface area (Å²) in [7, 11) is 0. The first-order valence-corrected chi connectivity index (χ1v) is 4.87. The van der Waals surface area contributed by atoms with Crippen molar-refractivity contribution in [3.8, 4) is 0 Å². The van der Waals surface area contributed by atoms with Gasteiger partial charge in [0.25, 0.3) is 0 Å². The summed E-state index contributed by atoms with van der Waals surface area (Å²) in [4.78, 5) is 7.52. The average Bonchev–Trinajstić information content (AvgIpc) is 2.48. The van der Waals surface area contributed by atoms with Gasteiger partial charge in [-0.2, -0.15) is 0 Å². The molecule has 4 heteroatoms. The van der Waals surface area contributed by atoms with E-state index in [0.717, 1.165) is 27.4 Å². The summed E-state index contributed by atoms with van der Waals surface area (Å²) >= 11 is 5.99. The number of nitrogens with zero attached hydrogens (tertiary/aromatic N) is 1. The number of benzene rings is 1. The quantitative estimate of drug-likeness (QED) is 0.759. The van der Waals surface area contributed by atoms with Crippen molar-refractivity contribution in [3.05, 3.63) is 28.5 Å². The van der Waals surface area contributed by atoms with Crippen molar-refractivity contribution in [1.29, 1.82) is 0 Å². The number of hydrogen-bond donors (Lipinski definition) is 2. The molecule has 0 spiro atoms. The molecule has 0 saturated carbocycles. The molecular weight excluding hydrogens is 198 g/mol. The largest absolute Gasteiger partial charge is 0.341 e. The Hall–Kier alpha value is -1.06. The molecule has 0 radical (unpaired) electrons. The molecule has 3 nitrogen and oxygen atoms in total. The van der Waals surface area contributed by atoms with Gasteiger partial charge >= 0.3 is 0 Å². The van der Waals surface area contributed by atoms with Gasteiger partial charge in [-0.05, 0) is 31.5 Å².